The Kier molecular flexibility index (Phi) is 2.87. The second kappa shape index (κ2) is 3.52. The first kappa shape index (κ1) is 8.97. The number of rotatable bonds is 2. The molecule has 1 aliphatic heterocycles. The Hall–Kier alpha value is -0.120. The summed E-state index contributed by atoms with van der Waals surface area (Å²) in [5.41, 5.74) is 0. The molecule has 0 aromatic carbocycles. The van der Waals surface area contributed by atoms with Crippen molar-refractivity contribution in [3.8, 4) is 0 Å². The van der Waals surface area contributed by atoms with Crippen LogP contribution >= 0.6 is 23.6 Å². The minimum Gasteiger partial charge on any atom is -0.389 e. The number of hydrogen-bond donors (Lipinski definition) is 1. The summed E-state index contributed by atoms with van der Waals surface area (Å²) in [5.74, 6) is 0. The number of aliphatic hydroxyl groups is 1. The van der Waals surface area contributed by atoms with Crippen molar-refractivity contribution >= 4 is 23.6 Å². The van der Waals surface area contributed by atoms with Crippen molar-refractivity contribution in [2.75, 3.05) is 0 Å². The highest BCUT2D eigenvalue weighted by Gasteiger charge is 2.30. The Morgan fingerprint density at radius 3 is 2.27 bits per heavy atom. The quantitative estimate of drug-likeness (QED) is 0.679. The molecule has 5 heteroatoms. The van der Waals surface area contributed by atoms with Crippen molar-refractivity contribution in [3.63, 3.8) is 0 Å². The van der Waals surface area contributed by atoms with E-state index >= 15 is 0 Å². The summed E-state index contributed by atoms with van der Waals surface area (Å²) in [6.07, 6.45) is 2.97. The van der Waals surface area contributed by atoms with Crippen molar-refractivity contribution < 1.29 is 5.11 Å². The average Bonchev–Trinajstić information content (AvgIpc) is 2.30. The Morgan fingerprint density at radius 1 is 1.45 bits per heavy atom. The summed E-state index contributed by atoms with van der Waals surface area (Å²) < 4.78 is 2.72. The number of aliphatic hydroxyl groups excluding tert-OH is 1. The highest BCUT2D eigenvalue weighted by atomic mass is 35.5. The van der Waals surface area contributed by atoms with E-state index in [1.807, 2.05) is 6.92 Å². The van der Waals surface area contributed by atoms with Crippen LogP contribution in [-0.4, -0.2) is 26.2 Å². The van der Waals surface area contributed by atoms with Gasteiger partial charge in [0.25, 0.3) is 0 Å². The zero-order valence-electron chi connectivity index (χ0n) is 6.11. The second-order valence-corrected chi connectivity index (χ2v) is 3.16. The van der Waals surface area contributed by atoms with E-state index in [1.54, 1.807) is 12.4 Å². The average molecular weight is 197 g/mol. The van der Waals surface area contributed by atoms with Crippen LogP contribution in [0.3, 0.4) is 0 Å². The summed E-state index contributed by atoms with van der Waals surface area (Å²) in [4.78, 5) is 0. The fourth-order valence-electron chi connectivity index (χ4n) is 0.949. The molecule has 1 N–H and O–H groups in total. The Balaban J connectivity index is 2.57. The fourth-order valence-corrected chi connectivity index (χ4v) is 1.54. The highest BCUT2D eigenvalue weighted by molar-refractivity contribution is 6.17. The van der Waals surface area contributed by atoms with E-state index in [2.05, 4.69) is 0 Å². The van der Waals surface area contributed by atoms with Gasteiger partial charge in [-0.15, -0.1) is 0 Å². The molecule has 1 atom stereocenters. The highest BCUT2D eigenvalue weighted by Crippen LogP contribution is 2.23. The lowest BCUT2D eigenvalue weighted by molar-refractivity contribution is 0.0700. The fraction of sp³-hybridized carbons (Fsp3) is 0.667. The molecular weight excluding hydrogens is 187 g/mol. The van der Waals surface area contributed by atoms with E-state index in [1.165, 1.54) is 8.84 Å². The van der Waals surface area contributed by atoms with Crippen LogP contribution in [0.2, 0.25) is 0 Å². The third-order valence-electron chi connectivity index (χ3n) is 1.62. The zero-order valence-corrected chi connectivity index (χ0v) is 7.63. The van der Waals surface area contributed by atoms with Crippen molar-refractivity contribution in [3.05, 3.63) is 12.4 Å². The Morgan fingerprint density at radius 2 is 1.91 bits per heavy atom. The third-order valence-corrected chi connectivity index (χ3v) is 2.24. The maximum Gasteiger partial charge on any atom is 0.157 e. The minimum atomic E-state index is -0.528. The lowest BCUT2D eigenvalue weighted by Crippen LogP contribution is -2.39. The van der Waals surface area contributed by atoms with E-state index in [0.29, 0.717) is 6.42 Å². The predicted octanol–water partition coefficient (Wildman–Crippen LogP) is 1.48. The molecule has 1 unspecified atom stereocenters. The molecule has 1 heterocycles. The first-order valence-corrected chi connectivity index (χ1v) is 4.09. The SMILES string of the molecule is CCC(O)C1N(Cl)C=CN1Cl. The molecule has 11 heavy (non-hydrogen) atoms. The maximum absolute atomic E-state index is 9.41. The van der Waals surface area contributed by atoms with Gasteiger partial charge in [0.05, 0.1) is 6.10 Å². The zero-order chi connectivity index (χ0) is 8.43. The summed E-state index contributed by atoms with van der Waals surface area (Å²) in [7, 11) is 0. The summed E-state index contributed by atoms with van der Waals surface area (Å²) in [6.45, 7) is 1.87. The molecule has 0 amide bonds. The Labute approximate surface area is 76.0 Å². The van der Waals surface area contributed by atoms with Crippen LogP contribution in [0.15, 0.2) is 12.4 Å². The first-order valence-electron chi connectivity index (χ1n) is 3.41. The third kappa shape index (κ3) is 1.72. The van der Waals surface area contributed by atoms with Crippen LogP contribution in [0.4, 0.5) is 0 Å². The number of halogens is 2. The van der Waals surface area contributed by atoms with E-state index < -0.39 is 6.10 Å². The summed E-state index contributed by atoms with van der Waals surface area (Å²) in [6, 6.07) is 0. The molecule has 0 spiro atoms. The van der Waals surface area contributed by atoms with Gasteiger partial charge in [-0.3, -0.25) is 8.84 Å². The molecule has 0 saturated carbocycles. The van der Waals surface area contributed by atoms with Gasteiger partial charge < -0.3 is 5.11 Å². The van der Waals surface area contributed by atoms with E-state index in [0.717, 1.165) is 0 Å². The molecule has 0 bridgehead atoms. The molecule has 0 saturated heterocycles. The van der Waals surface area contributed by atoms with E-state index in [-0.39, 0.29) is 6.17 Å². The van der Waals surface area contributed by atoms with Gasteiger partial charge in [-0.1, -0.05) is 6.92 Å². The van der Waals surface area contributed by atoms with Crippen LogP contribution in [0.25, 0.3) is 0 Å². The van der Waals surface area contributed by atoms with Gasteiger partial charge in [-0.2, -0.15) is 0 Å². The van der Waals surface area contributed by atoms with Gasteiger partial charge in [0.1, 0.15) is 0 Å². The molecule has 64 valence electrons. The van der Waals surface area contributed by atoms with Crippen molar-refractivity contribution in [1.82, 2.24) is 8.84 Å². The Bertz CT molecular complexity index is 153. The number of nitrogens with zero attached hydrogens (tertiary/aromatic N) is 2. The molecule has 1 rings (SSSR count). The van der Waals surface area contributed by atoms with Gasteiger partial charge in [0.2, 0.25) is 0 Å². The number of hydrogen-bond acceptors (Lipinski definition) is 3. The van der Waals surface area contributed by atoms with Gasteiger partial charge in [0.15, 0.2) is 6.17 Å². The molecule has 3 nitrogen and oxygen atoms in total. The lowest BCUT2D eigenvalue weighted by Gasteiger charge is -2.26. The van der Waals surface area contributed by atoms with Gasteiger partial charge in [-0.25, -0.2) is 0 Å². The normalized spacial score (nSPS) is 21.5. The topological polar surface area (TPSA) is 26.7 Å². The molecule has 1 aliphatic rings. The molecule has 0 fully saturated rings. The van der Waals surface area contributed by atoms with Crippen LogP contribution in [0, 0.1) is 0 Å². The van der Waals surface area contributed by atoms with Crippen LogP contribution < -0.4 is 0 Å². The van der Waals surface area contributed by atoms with Crippen LogP contribution in [0.5, 0.6) is 0 Å². The van der Waals surface area contributed by atoms with Crippen LogP contribution in [0.1, 0.15) is 13.3 Å². The molecular formula is C6H10Cl2N2O. The van der Waals surface area contributed by atoms with Crippen molar-refractivity contribution in [2.24, 2.45) is 0 Å². The van der Waals surface area contributed by atoms with E-state index in [9.17, 15) is 5.11 Å². The molecule has 0 radical (unpaired) electrons. The predicted molar refractivity (Wildman–Crippen MR) is 44.6 cm³/mol. The molecule has 0 aromatic heterocycles. The lowest BCUT2D eigenvalue weighted by atomic mass is 10.2. The smallest absolute Gasteiger partial charge is 0.157 e. The van der Waals surface area contributed by atoms with Gasteiger partial charge >= 0.3 is 0 Å². The van der Waals surface area contributed by atoms with E-state index in [4.69, 9.17) is 23.6 Å². The van der Waals surface area contributed by atoms with Crippen molar-refractivity contribution in [1.29, 1.82) is 0 Å². The van der Waals surface area contributed by atoms with Crippen LogP contribution in [-0.2, 0) is 0 Å². The molecule has 0 aromatic rings. The molecule has 0 aliphatic carbocycles. The first-order chi connectivity index (χ1) is 5.16. The summed E-state index contributed by atoms with van der Waals surface area (Å²) in [5, 5.41) is 9.41. The largest absolute Gasteiger partial charge is 0.389 e. The standard InChI is InChI=1S/C6H10Cl2N2O/c1-2-5(11)6-9(7)3-4-10(6)8/h3-6,11H,2H2,1H3. The second-order valence-electron chi connectivity index (χ2n) is 2.38. The summed E-state index contributed by atoms with van der Waals surface area (Å²) >= 11 is 11.4. The van der Waals surface area contributed by atoms with Gasteiger partial charge in [0, 0.05) is 36.0 Å². The monoisotopic (exact) mass is 196 g/mol. The van der Waals surface area contributed by atoms with Crippen molar-refractivity contribution in [2.45, 2.75) is 25.6 Å². The maximum atomic E-state index is 9.41. The van der Waals surface area contributed by atoms with Gasteiger partial charge in [-0.05, 0) is 6.42 Å². The minimum absolute atomic E-state index is 0.344.